The van der Waals surface area contributed by atoms with Gasteiger partial charge in [0.05, 0.1) is 13.2 Å². The molecule has 0 spiro atoms. The Bertz CT molecular complexity index is 602. The molecule has 1 saturated heterocycles. The van der Waals surface area contributed by atoms with Crippen LogP contribution in [0.25, 0.3) is 0 Å². The van der Waals surface area contributed by atoms with E-state index in [0.29, 0.717) is 6.54 Å². The molecule has 3 unspecified atom stereocenters. The van der Waals surface area contributed by atoms with Crippen LogP contribution in [0.15, 0.2) is 24.3 Å². The van der Waals surface area contributed by atoms with E-state index in [1.165, 1.54) is 0 Å². The zero-order valence-corrected chi connectivity index (χ0v) is 14.1. The molecule has 0 bridgehead atoms. The summed E-state index contributed by atoms with van der Waals surface area (Å²) in [5.41, 5.74) is 6.30. The van der Waals surface area contributed by atoms with Crippen molar-refractivity contribution in [1.82, 2.24) is 5.32 Å². The Kier molecular flexibility index (Phi) is 4.10. The van der Waals surface area contributed by atoms with E-state index >= 15 is 0 Å². The van der Waals surface area contributed by atoms with Crippen LogP contribution in [0.5, 0.6) is 5.75 Å². The van der Waals surface area contributed by atoms with E-state index in [4.69, 9.17) is 15.2 Å². The summed E-state index contributed by atoms with van der Waals surface area (Å²) in [5, 5.41) is 3.01. The molecule has 1 saturated carbocycles. The number of rotatable bonds is 4. The van der Waals surface area contributed by atoms with Crippen molar-refractivity contribution in [2.24, 2.45) is 17.1 Å². The summed E-state index contributed by atoms with van der Waals surface area (Å²) < 4.78 is 11.2. The highest BCUT2D eigenvalue weighted by atomic mass is 16.5. The molecule has 3 atom stereocenters. The minimum Gasteiger partial charge on any atom is -0.496 e. The first-order valence-corrected chi connectivity index (χ1v) is 8.23. The lowest BCUT2D eigenvalue weighted by Crippen LogP contribution is -2.82. The van der Waals surface area contributed by atoms with Crippen molar-refractivity contribution >= 4 is 5.91 Å². The Morgan fingerprint density at radius 1 is 1.43 bits per heavy atom. The second kappa shape index (κ2) is 5.80. The number of methoxy groups -OCH3 is 1. The van der Waals surface area contributed by atoms with Crippen molar-refractivity contribution in [2.75, 3.05) is 13.7 Å². The highest BCUT2D eigenvalue weighted by Gasteiger charge is 2.70. The fourth-order valence-corrected chi connectivity index (χ4v) is 4.21. The standard InChI is InChI=1S/C18H26N2O3/c1-17(2)15-13(8-6-10-23-15)18(17,19)16(21)20-11-12-7-4-5-9-14(12)22-3/h4-5,7,9,13,15H,6,8,10-11,19H2,1-3H3,(H,20,21). The average molecular weight is 318 g/mol. The summed E-state index contributed by atoms with van der Waals surface area (Å²) in [4.78, 5) is 12.9. The number of nitrogens with two attached hydrogens (primary N) is 1. The van der Waals surface area contributed by atoms with Crippen molar-refractivity contribution in [3.8, 4) is 5.75 Å². The monoisotopic (exact) mass is 318 g/mol. The third kappa shape index (κ3) is 2.34. The summed E-state index contributed by atoms with van der Waals surface area (Å²) in [5.74, 6) is 0.773. The van der Waals surface area contributed by atoms with Gasteiger partial charge in [-0.25, -0.2) is 0 Å². The Labute approximate surface area is 137 Å². The third-order valence-electron chi connectivity index (χ3n) is 5.69. The first-order chi connectivity index (χ1) is 10.9. The van der Waals surface area contributed by atoms with Crippen LogP contribution >= 0.6 is 0 Å². The van der Waals surface area contributed by atoms with E-state index in [1.807, 2.05) is 38.1 Å². The number of amides is 1. The maximum absolute atomic E-state index is 12.9. The van der Waals surface area contributed by atoms with Gasteiger partial charge < -0.3 is 20.5 Å². The van der Waals surface area contributed by atoms with Gasteiger partial charge in [-0.3, -0.25) is 4.79 Å². The molecule has 1 heterocycles. The number of ether oxygens (including phenoxy) is 2. The zero-order chi connectivity index (χ0) is 16.7. The van der Waals surface area contributed by atoms with Crippen LogP contribution in [0, 0.1) is 11.3 Å². The van der Waals surface area contributed by atoms with Crippen LogP contribution in [0.4, 0.5) is 0 Å². The van der Waals surface area contributed by atoms with E-state index in [9.17, 15) is 4.79 Å². The molecule has 2 aliphatic rings. The first kappa shape index (κ1) is 16.3. The van der Waals surface area contributed by atoms with Crippen LogP contribution in [-0.2, 0) is 16.1 Å². The van der Waals surface area contributed by atoms with Crippen molar-refractivity contribution in [1.29, 1.82) is 0 Å². The van der Waals surface area contributed by atoms with E-state index in [-0.39, 0.29) is 23.3 Å². The average Bonchev–Trinajstić information content (AvgIpc) is 2.59. The number of nitrogens with one attached hydrogen (secondary N) is 1. The lowest BCUT2D eigenvalue weighted by atomic mass is 9.46. The molecule has 0 radical (unpaired) electrons. The molecule has 5 nitrogen and oxygen atoms in total. The topological polar surface area (TPSA) is 73.6 Å². The van der Waals surface area contributed by atoms with Gasteiger partial charge in [-0.1, -0.05) is 32.0 Å². The molecule has 1 aromatic rings. The molecule has 3 N–H and O–H groups in total. The van der Waals surface area contributed by atoms with Crippen LogP contribution in [0.1, 0.15) is 32.3 Å². The maximum Gasteiger partial charge on any atom is 0.241 e. The maximum atomic E-state index is 12.9. The van der Waals surface area contributed by atoms with Crippen molar-refractivity contribution in [2.45, 2.75) is 44.9 Å². The Morgan fingerprint density at radius 3 is 2.91 bits per heavy atom. The van der Waals surface area contributed by atoms with Crippen molar-refractivity contribution in [3.63, 3.8) is 0 Å². The molecule has 3 rings (SSSR count). The molecule has 0 aromatic heterocycles. The van der Waals surface area contributed by atoms with Gasteiger partial charge in [0.15, 0.2) is 0 Å². The van der Waals surface area contributed by atoms with Gasteiger partial charge in [0.25, 0.3) is 0 Å². The molecule has 1 aliphatic heterocycles. The molecular weight excluding hydrogens is 292 g/mol. The Balaban J connectivity index is 1.72. The molecule has 5 heteroatoms. The molecule has 1 amide bonds. The second-order valence-corrected chi connectivity index (χ2v) is 7.13. The summed E-state index contributed by atoms with van der Waals surface area (Å²) in [7, 11) is 1.63. The van der Waals surface area contributed by atoms with Gasteiger partial charge in [0, 0.05) is 30.0 Å². The normalized spacial score (nSPS) is 31.7. The van der Waals surface area contributed by atoms with E-state index in [1.54, 1.807) is 7.11 Å². The summed E-state index contributed by atoms with van der Waals surface area (Å²) in [6.45, 7) is 5.24. The molecule has 2 fully saturated rings. The zero-order valence-electron chi connectivity index (χ0n) is 14.1. The highest BCUT2D eigenvalue weighted by molar-refractivity contribution is 5.89. The van der Waals surface area contributed by atoms with Gasteiger partial charge in [-0.05, 0) is 18.9 Å². The number of hydrogen-bond donors (Lipinski definition) is 2. The predicted octanol–water partition coefficient (Wildman–Crippen LogP) is 1.84. The minimum atomic E-state index is -0.875. The van der Waals surface area contributed by atoms with Crippen LogP contribution in [-0.4, -0.2) is 31.3 Å². The van der Waals surface area contributed by atoms with Gasteiger partial charge in [-0.15, -0.1) is 0 Å². The number of hydrogen-bond acceptors (Lipinski definition) is 4. The van der Waals surface area contributed by atoms with Crippen LogP contribution in [0.3, 0.4) is 0 Å². The smallest absolute Gasteiger partial charge is 0.241 e. The number of fused-ring (bicyclic) bond motifs is 1. The fourth-order valence-electron chi connectivity index (χ4n) is 4.21. The second-order valence-electron chi connectivity index (χ2n) is 7.13. The largest absolute Gasteiger partial charge is 0.496 e. The summed E-state index contributed by atoms with van der Waals surface area (Å²) >= 11 is 0. The number of carbonyl (C=O) groups excluding carboxylic acids is 1. The van der Waals surface area contributed by atoms with E-state index in [2.05, 4.69) is 5.32 Å². The van der Waals surface area contributed by atoms with Gasteiger partial charge >= 0.3 is 0 Å². The SMILES string of the molecule is COc1ccccc1CNC(=O)C1(N)C2CCCOC2C1(C)C. The Hall–Kier alpha value is -1.59. The van der Waals surface area contributed by atoms with Gasteiger partial charge in [0.1, 0.15) is 11.3 Å². The molecule has 1 aromatic carbocycles. The number of para-hydroxylation sites is 1. The van der Waals surface area contributed by atoms with Crippen LogP contribution in [0.2, 0.25) is 0 Å². The summed E-state index contributed by atoms with van der Waals surface area (Å²) in [6, 6.07) is 7.67. The molecule has 23 heavy (non-hydrogen) atoms. The first-order valence-electron chi connectivity index (χ1n) is 8.23. The lowest BCUT2D eigenvalue weighted by molar-refractivity contribution is -0.225. The molecule has 1 aliphatic carbocycles. The van der Waals surface area contributed by atoms with Crippen LogP contribution < -0.4 is 15.8 Å². The number of carbonyl (C=O) groups is 1. The van der Waals surface area contributed by atoms with Gasteiger partial charge in [-0.2, -0.15) is 0 Å². The van der Waals surface area contributed by atoms with E-state index in [0.717, 1.165) is 30.8 Å². The van der Waals surface area contributed by atoms with Gasteiger partial charge in [0.2, 0.25) is 5.91 Å². The number of benzene rings is 1. The quantitative estimate of drug-likeness (QED) is 0.888. The fraction of sp³-hybridized carbons (Fsp3) is 0.611. The lowest BCUT2D eigenvalue weighted by Gasteiger charge is -2.65. The van der Waals surface area contributed by atoms with E-state index < -0.39 is 5.54 Å². The van der Waals surface area contributed by atoms with Crippen molar-refractivity contribution < 1.29 is 14.3 Å². The Morgan fingerprint density at radius 2 is 2.17 bits per heavy atom. The highest BCUT2D eigenvalue weighted by Crippen LogP contribution is 2.57. The minimum absolute atomic E-state index is 0.0817. The summed E-state index contributed by atoms with van der Waals surface area (Å²) in [6.07, 6.45) is 2.00. The third-order valence-corrected chi connectivity index (χ3v) is 5.69. The van der Waals surface area contributed by atoms with Crippen molar-refractivity contribution in [3.05, 3.63) is 29.8 Å². The molecule has 126 valence electrons. The molecular formula is C18H26N2O3. The predicted molar refractivity (Wildman–Crippen MR) is 88.0 cm³/mol.